The number of amides is 1. The molecule has 1 saturated heterocycles. The van der Waals surface area contributed by atoms with Crippen LogP contribution in [0.1, 0.15) is 31.2 Å². The number of benzene rings is 2. The van der Waals surface area contributed by atoms with Crippen molar-refractivity contribution in [3.8, 4) is 28.7 Å². The fourth-order valence-electron chi connectivity index (χ4n) is 5.17. The van der Waals surface area contributed by atoms with Gasteiger partial charge in [0.15, 0.2) is 11.5 Å². The summed E-state index contributed by atoms with van der Waals surface area (Å²) < 4.78 is 61.4. The van der Waals surface area contributed by atoms with Crippen LogP contribution >= 0.6 is 0 Å². The average Bonchev–Trinajstić information content (AvgIpc) is 3.73. The summed E-state index contributed by atoms with van der Waals surface area (Å²) in [5.41, 5.74) is -0.799. The van der Waals surface area contributed by atoms with Gasteiger partial charge < -0.3 is 20.1 Å². The number of hydrogen-bond acceptors (Lipinski definition) is 7. The highest BCUT2D eigenvalue weighted by Gasteiger charge is 2.36. The normalized spacial score (nSPS) is 17.6. The van der Waals surface area contributed by atoms with Crippen molar-refractivity contribution in [1.29, 1.82) is 0 Å². The van der Waals surface area contributed by atoms with Crippen LogP contribution < -0.4 is 10.1 Å². The zero-order chi connectivity index (χ0) is 28.9. The highest BCUT2D eigenvalue weighted by molar-refractivity contribution is 5.86. The van der Waals surface area contributed by atoms with Gasteiger partial charge in [-0.2, -0.15) is 18.2 Å². The third-order valence-electron chi connectivity index (χ3n) is 7.35. The first-order valence-electron chi connectivity index (χ1n) is 13.2. The predicted molar refractivity (Wildman–Crippen MR) is 141 cm³/mol. The molecule has 214 valence electrons. The third kappa shape index (κ3) is 5.23. The molecule has 0 unspecified atom stereocenters. The number of carbonyl (C=O) groups excluding carboxylic acids is 1. The maximum atomic E-state index is 14.1. The van der Waals surface area contributed by atoms with Gasteiger partial charge in [0.1, 0.15) is 17.5 Å². The number of hydrogen-bond donors (Lipinski definition) is 2. The maximum absolute atomic E-state index is 14.1. The molecule has 4 aromatic rings. The summed E-state index contributed by atoms with van der Waals surface area (Å²) in [7, 11) is 1.36. The number of likely N-dealkylation sites (tertiary alicyclic amines) is 1. The average molecular weight is 571 g/mol. The van der Waals surface area contributed by atoms with E-state index in [1.165, 1.54) is 36.1 Å². The number of fused-ring (bicyclic) bond motifs is 1. The Kier molecular flexibility index (Phi) is 6.66. The topological polar surface area (TPSA) is 105 Å². The van der Waals surface area contributed by atoms with E-state index in [9.17, 15) is 27.5 Å². The summed E-state index contributed by atoms with van der Waals surface area (Å²) in [6.07, 6.45) is 0.0775. The minimum absolute atomic E-state index is 0.0111. The van der Waals surface area contributed by atoms with Crippen molar-refractivity contribution in [3.63, 3.8) is 0 Å². The second kappa shape index (κ2) is 10.2. The van der Waals surface area contributed by atoms with Crippen molar-refractivity contribution in [2.45, 2.75) is 37.9 Å². The molecule has 9 nitrogen and oxygen atoms in total. The number of anilines is 1. The van der Waals surface area contributed by atoms with Gasteiger partial charge in [-0.15, -0.1) is 0 Å². The van der Waals surface area contributed by atoms with Gasteiger partial charge in [-0.3, -0.25) is 9.36 Å². The second-order valence-electron chi connectivity index (χ2n) is 10.3. The molecule has 13 heteroatoms. The SMILES string of the molecule is COc1cc2nc(-c3ccc(F)c(C(F)(F)F)c3)n(-c3ccnc(N[C@@H]4CCCN(C(=O)C5CC5)C4)n3)c2cc1O. The van der Waals surface area contributed by atoms with E-state index in [1.807, 2.05) is 4.90 Å². The molecule has 2 aliphatic rings. The second-order valence-corrected chi connectivity index (χ2v) is 10.3. The number of carbonyl (C=O) groups is 1. The number of phenols is 1. The molecule has 6 rings (SSSR count). The lowest BCUT2D eigenvalue weighted by atomic mass is 10.1. The Balaban J connectivity index is 1.41. The summed E-state index contributed by atoms with van der Waals surface area (Å²) in [6.45, 7) is 1.23. The van der Waals surface area contributed by atoms with E-state index in [1.54, 1.807) is 6.07 Å². The van der Waals surface area contributed by atoms with E-state index >= 15 is 0 Å². The van der Waals surface area contributed by atoms with Crippen molar-refractivity contribution in [3.05, 3.63) is 54.0 Å². The largest absolute Gasteiger partial charge is 0.504 e. The number of imidazole rings is 1. The summed E-state index contributed by atoms with van der Waals surface area (Å²) >= 11 is 0. The zero-order valence-corrected chi connectivity index (χ0v) is 22.0. The quantitative estimate of drug-likeness (QED) is 0.308. The van der Waals surface area contributed by atoms with Gasteiger partial charge in [-0.1, -0.05) is 0 Å². The Hall–Kier alpha value is -4.42. The Morgan fingerprint density at radius 3 is 2.66 bits per heavy atom. The molecule has 0 bridgehead atoms. The van der Waals surface area contributed by atoms with Crippen LogP contribution in [0.3, 0.4) is 0 Å². The van der Waals surface area contributed by atoms with E-state index in [0.29, 0.717) is 30.2 Å². The molecular weight excluding hydrogens is 544 g/mol. The fraction of sp³-hybridized carbons (Fsp3) is 0.357. The van der Waals surface area contributed by atoms with Crippen molar-refractivity contribution in [1.82, 2.24) is 24.4 Å². The smallest absolute Gasteiger partial charge is 0.419 e. The number of methoxy groups -OCH3 is 1. The lowest BCUT2D eigenvalue weighted by Gasteiger charge is -2.33. The molecule has 1 amide bonds. The summed E-state index contributed by atoms with van der Waals surface area (Å²) in [6, 6.07) is 6.93. The minimum Gasteiger partial charge on any atom is -0.504 e. The number of alkyl halides is 3. The number of piperidine rings is 1. The Labute approximate surface area is 231 Å². The Morgan fingerprint density at radius 1 is 1.12 bits per heavy atom. The van der Waals surface area contributed by atoms with Crippen LogP contribution in [-0.2, 0) is 11.0 Å². The molecule has 2 aromatic heterocycles. The third-order valence-corrected chi connectivity index (χ3v) is 7.35. The molecule has 0 spiro atoms. The number of phenolic OH excluding ortho intramolecular Hbond substituents is 1. The van der Waals surface area contributed by atoms with Gasteiger partial charge in [0, 0.05) is 48.9 Å². The number of nitrogens with zero attached hydrogens (tertiary/aromatic N) is 5. The molecule has 0 radical (unpaired) electrons. The van der Waals surface area contributed by atoms with Gasteiger partial charge in [0.05, 0.1) is 23.7 Å². The first-order chi connectivity index (χ1) is 19.6. The van der Waals surface area contributed by atoms with Gasteiger partial charge in [0.2, 0.25) is 11.9 Å². The Bertz CT molecular complexity index is 1640. The monoisotopic (exact) mass is 570 g/mol. The maximum Gasteiger partial charge on any atom is 0.419 e. The van der Waals surface area contributed by atoms with Crippen LogP contribution in [0.4, 0.5) is 23.5 Å². The minimum atomic E-state index is -4.92. The molecule has 1 saturated carbocycles. The van der Waals surface area contributed by atoms with Crippen LogP contribution in [0.15, 0.2) is 42.6 Å². The summed E-state index contributed by atoms with van der Waals surface area (Å²) in [4.78, 5) is 27.9. The number of aromatic nitrogens is 4. The van der Waals surface area contributed by atoms with Crippen LogP contribution in [-0.4, -0.2) is 61.7 Å². The van der Waals surface area contributed by atoms with Crippen LogP contribution in [0.25, 0.3) is 28.2 Å². The van der Waals surface area contributed by atoms with Crippen LogP contribution in [0.5, 0.6) is 11.5 Å². The molecule has 1 aliphatic carbocycles. The standard InChI is InChI=1S/C28H26F4N6O3/c1-41-23-12-20-21(13-22(23)39)38(25(35-20)16-6-7-19(29)18(11-16)28(30,31)32)24-8-9-33-27(36-24)34-17-3-2-10-37(14-17)26(40)15-4-5-15/h6-9,11-13,15,17,39H,2-5,10,14H2,1H3,(H,33,34,36)/t17-/m1/s1. The number of nitrogens with one attached hydrogen (secondary N) is 1. The molecule has 2 fully saturated rings. The molecule has 1 aliphatic heterocycles. The first-order valence-corrected chi connectivity index (χ1v) is 13.2. The summed E-state index contributed by atoms with van der Waals surface area (Å²) in [5.74, 6) is -0.638. The highest BCUT2D eigenvalue weighted by Crippen LogP contribution is 2.38. The highest BCUT2D eigenvalue weighted by atomic mass is 19.4. The predicted octanol–water partition coefficient (Wildman–Crippen LogP) is 5.17. The summed E-state index contributed by atoms with van der Waals surface area (Å²) in [5, 5.41) is 13.8. The number of ether oxygens (including phenoxy) is 1. The van der Waals surface area contributed by atoms with Crippen molar-refractivity contribution in [2.75, 3.05) is 25.5 Å². The molecule has 2 aromatic carbocycles. The van der Waals surface area contributed by atoms with E-state index in [4.69, 9.17) is 4.74 Å². The van der Waals surface area contributed by atoms with Crippen LogP contribution in [0, 0.1) is 11.7 Å². The number of aromatic hydroxyl groups is 1. The first kappa shape index (κ1) is 26.8. The van der Waals surface area contributed by atoms with Crippen LogP contribution in [0.2, 0.25) is 0 Å². The van der Waals surface area contributed by atoms with Crippen molar-refractivity contribution < 1.29 is 32.2 Å². The van der Waals surface area contributed by atoms with E-state index < -0.39 is 17.6 Å². The van der Waals surface area contributed by atoms with Gasteiger partial charge in [-0.25, -0.2) is 14.4 Å². The molecule has 41 heavy (non-hydrogen) atoms. The Morgan fingerprint density at radius 2 is 1.93 bits per heavy atom. The van der Waals surface area contributed by atoms with Gasteiger partial charge >= 0.3 is 6.18 Å². The zero-order valence-electron chi connectivity index (χ0n) is 22.0. The lowest BCUT2D eigenvalue weighted by Crippen LogP contribution is -2.45. The van der Waals surface area contributed by atoms with E-state index in [-0.39, 0.29) is 52.5 Å². The van der Waals surface area contributed by atoms with Gasteiger partial charge in [-0.05, 0) is 49.9 Å². The van der Waals surface area contributed by atoms with Crippen molar-refractivity contribution in [2.24, 2.45) is 5.92 Å². The van der Waals surface area contributed by atoms with Crippen molar-refractivity contribution >= 4 is 22.9 Å². The number of rotatable bonds is 6. The van der Waals surface area contributed by atoms with E-state index in [2.05, 4.69) is 20.3 Å². The lowest BCUT2D eigenvalue weighted by molar-refractivity contribution is -0.140. The molecule has 3 heterocycles. The molecule has 1 atom stereocenters. The molecular formula is C28H26F4N6O3. The van der Waals surface area contributed by atoms with E-state index in [0.717, 1.165) is 31.7 Å². The number of halogens is 4. The fourth-order valence-corrected chi connectivity index (χ4v) is 5.17. The van der Waals surface area contributed by atoms with Gasteiger partial charge in [0.25, 0.3) is 0 Å². The molecule has 2 N–H and O–H groups in total.